The number of carbonyl (C=O) groups is 1. The molecular formula is C17H20N4O3. The zero-order chi connectivity index (χ0) is 16.9. The quantitative estimate of drug-likeness (QED) is 0.505. The van der Waals surface area contributed by atoms with Crippen LogP contribution in [0.5, 0.6) is 17.2 Å². The molecule has 1 aromatic carbocycles. The number of carbonyl (C=O) groups excluding carboxylic acids is 1. The van der Waals surface area contributed by atoms with E-state index in [1.807, 2.05) is 0 Å². The molecule has 1 aliphatic rings. The lowest BCUT2D eigenvalue weighted by atomic mass is 9.97. The molecule has 0 aliphatic carbocycles. The summed E-state index contributed by atoms with van der Waals surface area (Å²) in [5.41, 5.74) is 5.85. The van der Waals surface area contributed by atoms with Gasteiger partial charge >= 0.3 is 0 Å². The molecule has 0 unspecified atom stereocenters. The maximum Gasteiger partial charge on any atom is 0.228 e. The number of rotatable bonds is 4. The van der Waals surface area contributed by atoms with Gasteiger partial charge in [-0.1, -0.05) is 0 Å². The number of nitrogens with zero attached hydrogens (tertiary/aromatic N) is 1. The highest BCUT2D eigenvalue weighted by atomic mass is 16.5. The largest absolute Gasteiger partial charge is 0.506 e. The summed E-state index contributed by atoms with van der Waals surface area (Å²) in [5, 5.41) is 15.7. The first-order valence-corrected chi connectivity index (χ1v) is 7.86. The third kappa shape index (κ3) is 3.94. The number of ether oxygens (including phenoxy) is 1. The van der Waals surface area contributed by atoms with E-state index in [-0.39, 0.29) is 23.3 Å². The van der Waals surface area contributed by atoms with Crippen LogP contribution in [-0.2, 0) is 4.79 Å². The van der Waals surface area contributed by atoms with Crippen molar-refractivity contribution in [2.24, 2.45) is 5.92 Å². The average molecular weight is 328 g/mol. The molecule has 0 atom stereocenters. The van der Waals surface area contributed by atoms with Crippen LogP contribution in [0.1, 0.15) is 12.8 Å². The van der Waals surface area contributed by atoms with Gasteiger partial charge in [0.25, 0.3) is 0 Å². The van der Waals surface area contributed by atoms with Gasteiger partial charge in [-0.15, -0.1) is 0 Å². The van der Waals surface area contributed by atoms with Crippen LogP contribution in [0.2, 0.25) is 0 Å². The third-order valence-electron chi connectivity index (χ3n) is 3.93. The molecule has 2 heterocycles. The van der Waals surface area contributed by atoms with Gasteiger partial charge in [0.05, 0.1) is 5.69 Å². The number of piperidine rings is 1. The molecule has 0 radical (unpaired) electrons. The maximum absolute atomic E-state index is 12.3. The first-order valence-electron chi connectivity index (χ1n) is 7.86. The molecule has 24 heavy (non-hydrogen) atoms. The van der Waals surface area contributed by atoms with E-state index in [1.165, 1.54) is 6.07 Å². The molecule has 5 N–H and O–H groups in total. The van der Waals surface area contributed by atoms with E-state index in [0.717, 1.165) is 25.9 Å². The van der Waals surface area contributed by atoms with E-state index in [1.54, 1.807) is 30.5 Å². The summed E-state index contributed by atoms with van der Waals surface area (Å²) < 4.78 is 5.67. The van der Waals surface area contributed by atoms with Gasteiger partial charge in [0.2, 0.25) is 5.91 Å². The van der Waals surface area contributed by atoms with Crippen molar-refractivity contribution in [2.75, 3.05) is 24.1 Å². The van der Waals surface area contributed by atoms with Crippen LogP contribution < -0.4 is 21.1 Å². The van der Waals surface area contributed by atoms with Gasteiger partial charge in [0.1, 0.15) is 23.1 Å². The van der Waals surface area contributed by atoms with E-state index in [0.29, 0.717) is 17.3 Å². The number of phenolic OH excluding ortho intramolecular Hbond substituents is 1. The fourth-order valence-corrected chi connectivity index (χ4v) is 2.58. The fraction of sp³-hybridized carbons (Fsp3) is 0.294. The third-order valence-corrected chi connectivity index (χ3v) is 3.93. The lowest BCUT2D eigenvalue weighted by Crippen LogP contribution is -2.34. The van der Waals surface area contributed by atoms with Gasteiger partial charge in [-0.05, 0) is 44.1 Å². The SMILES string of the molecule is Nc1ccc(Oc2ccnc(NC(=O)C3CCNCC3)c2)cc1O. The van der Waals surface area contributed by atoms with Crippen LogP contribution in [-0.4, -0.2) is 29.1 Å². The lowest BCUT2D eigenvalue weighted by molar-refractivity contribution is -0.120. The standard InChI is InChI=1S/C17H20N4O3/c18-14-2-1-12(9-15(14)22)24-13-5-8-20-16(10-13)21-17(23)11-3-6-19-7-4-11/h1-2,5,8-11,19,22H,3-4,6-7,18H2,(H,20,21,23). The second-order valence-electron chi connectivity index (χ2n) is 5.71. The highest BCUT2D eigenvalue weighted by molar-refractivity contribution is 5.91. The van der Waals surface area contributed by atoms with E-state index in [2.05, 4.69) is 15.6 Å². The molecule has 1 saturated heterocycles. The first kappa shape index (κ1) is 16.1. The van der Waals surface area contributed by atoms with Crippen molar-refractivity contribution in [1.29, 1.82) is 0 Å². The second-order valence-corrected chi connectivity index (χ2v) is 5.71. The van der Waals surface area contributed by atoms with Crippen LogP contribution in [0.25, 0.3) is 0 Å². The lowest BCUT2D eigenvalue weighted by Gasteiger charge is -2.21. The number of nitrogens with two attached hydrogens (primary N) is 1. The number of hydrogen-bond donors (Lipinski definition) is 4. The molecule has 1 aliphatic heterocycles. The number of phenols is 1. The number of pyridine rings is 1. The van der Waals surface area contributed by atoms with Crippen LogP contribution in [0.3, 0.4) is 0 Å². The minimum absolute atomic E-state index is 0.00618. The van der Waals surface area contributed by atoms with Crippen molar-refractivity contribution in [2.45, 2.75) is 12.8 Å². The molecule has 126 valence electrons. The summed E-state index contributed by atoms with van der Waals surface area (Å²) in [6.07, 6.45) is 3.21. The molecule has 7 heteroatoms. The maximum atomic E-state index is 12.3. The van der Waals surface area contributed by atoms with Gasteiger partial charge in [0, 0.05) is 24.2 Å². The number of nitrogen functional groups attached to an aromatic ring is 1. The number of aromatic hydroxyl groups is 1. The molecule has 2 aromatic rings. The zero-order valence-corrected chi connectivity index (χ0v) is 13.2. The van der Waals surface area contributed by atoms with Crippen molar-refractivity contribution in [3.8, 4) is 17.2 Å². The van der Waals surface area contributed by atoms with Crippen LogP contribution >= 0.6 is 0 Å². The number of anilines is 2. The van der Waals surface area contributed by atoms with E-state index < -0.39 is 0 Å². The number of benzene rings is 1. The van der Waals surface area contributed by atoms with Gasteiger partial charge in [-0.2, -0.15) is 0 Å². The first-order chi connectivity index (χ1) is 11.6. The zero-order valence-electron chi connectivity index (χ0n) is 13.2. The Balaban J connectivity index is 1.67. The minimum atomic E-state index is -0.0407. The molecular weight excluding hydrogens is 308 g/mol. The summed E-state index contributed by atoms with van der Waals surface area (Å²) in [5.74, 6) is 1.34. The summed E-state index contributed by atoms with van der Waals surface area (Å²) >= 11 is 0. The Hall–Kier alpha value is -2.80. The monoisotopic (exact) mass is 328 g/mol. The number of nitrogens with one attached hydrogen (secondary N) is 2. The van der Waals surface area contributed by atoms with Crippen LogP contribution in [0.15, 0.2) is 36.5 Å². The molecule has 1 fully saturated rings. The molecule has 7 nitrogen and oxygen atoms in total. The molecule has 1 amide bonds. The fourth-order valence-electron chi connectivity index (χ4n) is 2.58. The second kappa shape index (κ2) is 7.18. The predicted octanol–water partition coefficient (Wildman–Crippen LogP) is 2.10. The van der Waals surface area contributed by atoms with E-state index in [9.17, 15) is 9.90 Å². The molecule has 1 aromatic heterocycles. The van der Waals surface area contributed by atoms with Crippen LogP contribution in [0.4, 0.5) is 11.5 Å². The summed E-state index contributed by atoms with van der Waals surface area (Å²) in [4.78, 5) is 16.4. The molecule has 3 rings (SSSR count). The van der Waals surface area contributed by atoms with Gasteiger partial charge in [-0.25, -0.2) is 4.98 Å². The molecule has 0 spiro atoms. The van der Waals surface area contributed by atoms with Crippen molar-refractivity contribution in [1.82, 2.24) is 10.3 Å². The highest BCUT2D eigenvalue weighted by Gasteiger charge is 2.21. The Kier molecular flexibility index (Phi) is 4.81. The van der Waals surface area contributed by atoms with Gasteiger partial charge in [0.15, 0.2) is 0 Å². The van der Waals surface area contributed by atoms with Crippen molar-refractivity contribution in [3.63, 3.8) is 0 Å². The summed E-state index contributed by atoms with van der Waals surface area (Å²) in [7, 11) is 0. The normalized spacial score (nSPS) is 15.0. The molecule has 0 bridgehead atoms. The number of amides is 1. The van der Waals surface area contributed by atoms with Crippen LogP contribution in [0, 0.1) is 5.92 Å². The average Bonchev–Trinajstić information content (AvgIpc) is 2.59. The minimum Gasteiger partial charge on any atom is -0.506 e. The Morgan fingerprint density at radius 3 is 2.75 bits per heavy atom. The molecule has 0 saturated carbocycles. The highest BCUT2D eigenvalue weighted by Crippen LogP contribution is 2.29. The van der Waals surface area contributed by atoms with Crippen molar-refractivity contribution < 1.29 is 14.6 Å². The summed E-state index contributed by atoms with van der Waals surface area (Å²) in [6.45, 7) is 1.71. The Labute approximate surface area is 139 Å². The Bertz CT molecular complexity index is 730. The Morgan fingerprint density at radius 2 is 2.00 bits per heavy atom. The van der Waals surface area contributed by atoms with Crippen molar-refractivity contribution >= 4 is 17.4 Å². The number of hydrogen-bond acceptors (Lipinski definition) is 6. The van der Waals surface area contributed by atoms with E-state index >= 15 is 0 Å². The number of aromatic nitrogens is 1. The van der Waals surface area contributed by atoms with Crippen molar-refractivity contribution in [3.05, 3.63) is 36.5 Å². The Morgan fingerprint density at radius 1 is 1.25 bits per heavy atom. The smallest absolute Gasteiger partial charge is 0.228 e. The van der Waals surface area contributed by atoms with Gasteiger partial charge in [-0.3, -0.25) is 4.79 Å². The topological polar surface area (TPSA) is 110 Å². The van der Waals surface area contributed by atoms with Gasteiger partial charge < -0.3 is 26.2 Å². The summed E-state index contributed by atoms with van der Waals surface area (Å²) in [6, 6.07) is 7.97. The van der Waals surface area contributed by atoms with E-state index in [4.69, 9.17) is 10.5 Å². The predicted molar refractivity (Wildman–Crippen MR) is 91.1 cm³/mol.